The van der Waals surface area contributed by atoms with Crippen LogP contribution in [0.1, 0.15) is 205 Å². The molecule has 294 valence electrons. The van der Waals surface area contributed by atoms with Crippen molar-refractivity contribution in [1.82, 2.24) is 0 Å². The summed E-state index contributed by atoms with van der Waals surface area (Å²) in [6, 6.07) is 7.75. The summed E-state index contributed by atoms with van der Waals surface area (Å²) in [6.07, 6.45) is 30.5. The van der Waals surface area contributed by atoms with Crippen molar-refractivity contribution >= 4 is 11.8 Å². The Hall–Kier alpha value is -1.80. The van der Waals surface area contributed by atoms with Crippen LogP contribution in [-0.4, -0.2) is 48.9 Å². The van der Waals surface area contributed by atoms with Gasteiger partial charge in [0.05, 0.1) is 5.92 Å². The number of carboxylic acid groups (broad SMARTS) is 1. The van der Waals surface area contributed by atoms with Gasteiger partial charge in [-0.2, -0.15) is 0 Å². The zero-order valence-corrected chi connectivity index (χ0v) is 32.7. The van der Waals surface area contributed by atoms with Gasteiger partial charge in [-0.3, -0.25) is 4.79 Å². The van der Waals surface area contributed by atoms with Crippen LogP contribution < -0.4 is 0 Å². The molecule has 0 fully saturated rings. The van der Waals surface area contributed by atoms with Crippen molar-refractivity contribution in [2.75, 3.05) is 0 Å². The Morgan fingerprint density at radius 1 is 0.588 bits per heavy atom. The van der Waals surface area contributed by atoms with E-state index in [0.717, 1.165) is 49.7 Å². The van der Waals surface area contributed by atoms with E-state index in [2.05, 4.69) is 13.8 Å². The molecule has 1 aliphatic carbocycles. The molecule has 1 atom stereocenters. The number of hydrogen-bond donors (Lipinski definition) is 5. The summed E-state index contributed by atoms with van der Waals surface area (Å²) < 4.78 is 0. The molecule has 0 aromatic heterocycles. The van der Waals surface area contributed by atoms with E-state index in [1.165, 1.54) is 109 Å². The number of rotatable bonds is 33. The molecule has 51 heavy (non-hydrogen) atoms. The van der Waals surface area contributed by atoms with Crippen LogP contribution in [0.3, 0.4) is 0 Å². The molecule has 2 bridgehead atoms. The van der Waals surface area contributed by atoms with E-state index < -0.39 is 34.7 Å². The SMILES string of the molecule is CCCCCCCCCCCCCCCC(C(=O)C(O)(O)C1(CCCCCCCCCCCCCCC)Cc2cccc(c2)C1)C(O)(O)C(=O)O. The maximum absolute atomic E-state index is 14.1. The number of Topliss-reactive ketones (excluding diaryl/α,β-unsaturated/α-hetero) is 1. The average Bonchev–Trinajstić information content (AvgIpc) is 3.09. The first-order valence-electron chi connectivity index (χ1n) is 21.3. The van der Waals surface area contributed by atoms with Crippen LogP contribution in [0.4, 0.5) is 0 Å². The minimum absolute atomic E-state index is 0.140. The van der Waals surface area contributed by atoms with Crippen molar-refractivity contribution in [1.29, 1.82) is 0 Å². The second-order valence-electron chi connectivity index (χ2n) is 16.1. The fourth-order valence-electron chi connectivity index (χ4n) is 8.31. The Labute approximate surface area is 311 Å². The fraction of sp³-hybridized carbons (Fsp3) is 0.818. The van der Waals surface area contributed by atoms with E-state index in [4.69, 9.17) is 0 Å². The van der Waals surface area contributed by atoms with Crippen molar-refractivity contribution in [2.45, 2.75) is 218 Å². The van der Waals surface area contributed by atoms with E-state index >= 15 is 0 Å². The molecule has 1 aromatic carbocycles. The van der Waals surface area contributed by atoms with Gasteiger partial charge in [-0.1, -0.05) is 205 Å². The Bertz CT molecular complexity index is 1060. The third kappa shape index (κ3) is 16.0. The number of unbranched alkanes of at least 4 members (excludes halogenated alkanes) is 24. The molecule has 0 spiro atoms. The van der Waals surface area contributed by atoms with Gasteiger partial charge in [-0.15, -0.1) is 0 Å². The van der Waals surface area contributed by atoms with E-state index in [9.17, 15) is 35.1 Å². The first kappa shape index (κ1) is 45.4. The normalized spacial score (nSPS) is 14.9. The van der Waals surface area contributed by atoms with Crippen LogP contribution in [0.2, 0.25) is 0 Å². The number of aliphatic carboxylic acids is 1. The van der Waals surface area contributed by atoms with Gasteiger partial charge in [0.15, 0.2) is 0 Å². The van der Waals surface area contributed by atoms with Crippen LogP contribution in [0, 0.1) is 11.3 Å². The smallest absolute Gasteiger partial charge is 0.364 e. The summed E-state index contributed by atoms with van der Waals surface area (Å²) in [4.78, 5) is 26.1. The molecule has 1 unspecified atom stereocenters. The highest BCUT2D eigenvalue weighted by Gasteiger charge is 2.60. The molecule has 7 heteroatoms. The minimum Gasteiger partial charge on any atom is -0.477 e. The highest BCUT2D eigenvalue weighted by atomic mass is 16.5. The third-order valence-corrected chi connectivity index (χ3v) is 11.6. The van der Waals surface area contributed by atoms with E-state index in [1.54, 1.807) is 0 Å². The van der Waals surface area contributed by atoms with Crippen molar-refractivity contribution in [3.8, 4) is 0 Å². The van der Waals surface area contributed by atoms with Crippen LogP contribution in [-0.2, 0) is 22.4 Å². The minimum atomic E-state index is -3.40. The molecule has 0 saturated heterocycles. The van der Waals surface area contributed by atoms with E-state index in [-0.39, 0.29) is 19.3 Å². The summed E-state index contributed by atoms with van der Waals surface area (Å²) in [5.41, 5.74) is 0.490. The number of ketones is 1. The lowest BCUT2D eigenvalue weighted by Gasteiger charge is -2.47. The van der Waals surface area contributed by atoms with Gasteiger partial charge in [0.25, 0.3) is 5.79 Å². The van der Waals surface area contributed by atoms with Crippen molar-refractivity contribution in [2.24, 2.45) is 11.3 Å². The van der Waals surface area contributed by atoms with Gasteiger partial charge in [-0.05, 0) is 36.8 Å². The maximum atomic E-state index is 14.1. The summed E-state index contributed by atoms with van der Waals surface area (Å²) in [7, 11) is 0. The highest BCUT2D eigenvalue weighted by Crippen LogP contribution is 2.47. The van der Waals surface area contributed by atoms with Crippen LogP contribution in [0.15, 0.2) is 24.3 Å². The molecule has 1 aliphatic rings. The largest absolute Gasteiger partial charge is 0.477 e. The highest BCUT2D eigenvalue weighted by molar-refractivity contribution is 5.94. The maximum Gasteiger partial charge on any atom is 0.364 e. The molecule has 7 nitrogen and oxygen atoms in total. The summed E-state index contributed by atoms with van der Waals surface area (Å²) in [5, 5.41) is 54.8. The first-order valence-corrected chi connectivity index (χ1v) is 21.3. The molecule has 0 amide bonds. The number of benzene rings is 1. The number of fused-ring (bicyclic) bond motifs is 2. The Balaban J connectivity index is 1.93. The lowest BCUT2D eigenvalue weighted by molar-refractivity contribution is -0.259. The zero-order chi connectivity index (χ0) is 37.4. The van der Waals surface area contributed by atoms with Crippen molar-refractivity contribution in [3.05, 3.63) is 35.4 Å². The number of aliphatic hydroxyl groups is 4. The molecule has 5 N–H and O–H groups in total. The average molecular weight is 717 g/mol. The molecule has 0 radical (unpaired) electrons. The second-order valence-corrected chi connectivity index (χ2v) is 16.1. The van der Waals surface area contributed by atoms with Crippen LogP contribution in [0.25, 0.3) is 0 Å². The van der Waals surface area contributed by atoms with Crippen molar-refractivity contribution in [3.63, 3.8) is 0 Å². The summed E-state index contributed by atoms with van der Waals surface area (Å²) >= 11 is 0. The Kier molecular flexibility index (Phi) is 22.5. The van der Waals surface area contributed by atoms with Crippen LogP contribution >= 0.6 is 0 Å². The number of carboxylic acids is 1. The topological polar surface area (TPSA) is 135 Å². The monoisotopic (exact) mass is 717 g/mol. The lowest BCUT2D eigenvalue weighted by atomic mass is 9.61. The Morgan fingerprint density at radius 2 is 0.941 bits per heavy atom. The van der Waals surface area contributed by atoms with E-state index in [1.807, 2.05) is 24.3 Å². The van der Waals surface area contributed by atoms with Gasteiger partial charge in [0, 0.05) is 5.41 Å². The zero-order valence-electron chi connectivity index (χ0n) is 32.7. The molecule has 0 saturated carbocycles. The molecule has 0 aliphatic heterocycles. The van der Waals surface area contributed by atoms with Crippen LogP contribution in [0.5, 0.6) is 0 Å². The van der Waals surface area contributed by atoms with Gasteiger partial charge >= 0.3 is 5.97 Å². The third-order valence-electron chi connectivity index (χ3n) is 11.6. The number of hydrogen-bond acceptors (Lipinski definition) is 6. The standard InChI is InChI=1S/C44H76O7/c1-3-5-7-9-11-13-15-17-19-21-23-25-27-32-39(43(48,49)41(46)47)40(45)44(50,51)42(35-37-30-29-31-38(34-37)36-42)33-28-26-24-22-20-18-16-14-12-10-8-6-4-2/h29-31,34,39,48-51H,3-28,32-33,35-36H2,1-2H3,(H,46,47). The molecular weight excluding hydrogens is 640 g/mol. The molecule has 0 heterocycles. The fourth-order valence-corrected chi connectivity index (χ4v) is 8.31. The second kappa shape index (κ2) is 25.3. The lowest BCUT2D eigenvalue weighted by Crippen LogP contribution is -2.63. The predicted molar refractivity (Wildman–Crippen MR) is 207 cm³/mol. The number of carbonyl (C=O) groups excluding carboxylic acids is 1. The van der Waals surface area contributed by atoms with E-state index in [0.29, 0.717) is 25.7 Å². The summed E-state index contributed by atoms with van der Waals surface area (Å²) in [5.74, 6) is -11.3. The van der Waals surface area contributed by atoms with Gasteiger partial charge in [0.2, 0.25) is 11.6 Å². The summed E-state index contributed by atoms with van der Waals surface area (Å²) in [6.45, 7) is 4.47. The first-order chi connectivity index (χ1) is 24.5. The number of carbonyl (C=O) groups is 2. The van der Waals surface area contributed by atoms with Gasteiger partial charge in [0.1, 0.15) is 0 Å². The Morgan fingerprint density at radius 3 is 1.31 bits per heavy atom. The van der Waals surface area contributed by atoms with Crippen molar-refractivity contribution < 1.29 is 35.1 Å². The predicted octanol–water partition coefficient (Wildman–Crippen LogP) is 10.4. The van der Waals surface area contributed by atoms with Gasteiger partial charge < -0.3 is 25.5 Å². The quantitative estimate of drug-likeness (QED) is 0.0361. The molecular formula is C44H76O7. The van der Waals surface area contributed by atoms with Gasteiger partial charge in [-0.25, -0.2) is 4.79 Å². The molecule has 2 rings (SSSR count). The molecule has 1 aromatic rings.